The van der Waals surface area contributed by atoms with Crippen LogP contribution in [0.25, 0.3) is 56.2 Å². The van der Waals surface area contributed by atoms with Gasteiger partial charge in [-0.2, -0.15) is 10.5 Å². The fourth-order valence-electron chi connectivity index (χ4n) is 10.7. The summed E-state index contributed by atoms with van der Waals surface area (Å²) in [6, 6.07) is 70.6. The molecule has 0 fully saturated rings. The van der Waals surface area contributed by atoms with Crippen LogP contribution in [0.5, 0.6) is 0 Å². The van der Waals surface area contributed by atoms with E-state index in [1.807, 2.05) is 97.1 Å². The highest BCUT2D eigenvalue weighted by atomic mass is 15.1. The molecule has 2 aliphatic carbocycles. The molecule has 0 spiro atoms. The molecular formula is C68H48N6. The molecule has 0 saturated heterocycles. The summed E-state index contributed by atoms with van der Waals surface area (Å²) in [4.78, 5) is 11.6. The van der Waals surface area contributed by atoms with Gasteiger partial charge in [-0.1, -0.05) is 149 Å². The van der Waals surface area contributed by atoms with E-state index < -0.39 is 0 Å². The van der Waals surface area contributed by atoms with Crippen LogP contribution in [0, 0.1) is 35.8 Å². The summed E-state index contributed by atoms with van der Waals surface area (Å²) >= 11 is 0. The standard InChI is InChI=1S/C68H48N6/c1-67(2)63-39-47(19-35-59(63)61-37-33-57(41-65(61)67)73(53-25-15-49(43-69)16-26-53)54-27-17-50(44-70)18-28-54)13-11-45-7-9-46(10-8-45)12-14-48-20-36-60-62-38-34-58(42-66(62)68(3,4)64(60)40-48)74(55-29-21-51(71-5)22-30-55)56-31-23-52(72-6)24-32-56/h7-42H,1-4H3. The zero-order valence-electron chi connectivity index (χ0n) is 41.5. The number of anilines is 6. The van der Waals surface area contributed by atoms with E-state index in [1.165, 1.54) is 44.5 Å². The molecule has 74 heavy (non-hydrogen) atoms. The molecule has 0 heterocycles. The highest BCUT2D eigenvalue weighted by molar-refractivity contribution is 5.89. The molecule has 9 aromatic carbocycles. The van der Waals surface area contributed by atoms with Gasteiger partial charge in [-0.05, 0) is 164 Å². The lowest BCUT2D eigenvalue weighted by Crippen LogP contribution is -2.16. The molecule has 0 amide bonds. The first-order chi connectivity index (χ1) is 35.9. The van der Waals surface area contributed by atoms with Crippen molar-refractivity contribution in [1.29, 1.82) is 10.5 Å². The van der Waals surface area contributed by atoms with Gasteiger partial charge in [-0.3, -0.25) is 0 Å². The lowest BCUT2D eigenvalue weighted by Gasteiger charge is -2.28. The van der Waals surface area contributed by atoms with Crippen LogP contribution in [0.2, 0.25) is 0 Å². The second kappa shape index (κ2) is 18.6. The van der Waals surface area contributed by atoms with Crippen LogP contribution in [-0.2, 0) is 10.8 Å². The van der Waals surface area contributed by atoms with Crippen LogP contribution in [0.1, 0.15) is 83.3 Å². The SMILES string of the molecule is [C-]#[N+]c1ccc(N(c2ccc([N+]#[C-])cc2)c2ccc3c(c2)C(C)(C)c2cc(C=Cc4ccc(C=Cc5ccc6c(c5)C(C)(C)c5cc(N(c7ccc(C#N)cc7)c7ccc(C#N)cc7)ccc5-6)cc4)ccc2-3)cc1. The van der Waals surface area contributed by atoms with E-state index in [2.05, 4.69) is 181 Å². The highest BCUT2D eigenvalue weighted by Crippen LogP contribution is 2.53. The Morgan fingerprint density at radius 2 is 0.622 bits per heavy atom. The first-order valence-electron chi connectivity index (χ1n) is 24.6. The molecule has 11 rings (SSSR count). The van der Waals surface area contributed by atoms with Crippen LogP contribution in [0.15, 0.2) is 194 Å². The average molecular weight is 949 g/mol. The summed E-state index contributed by atoms with van der Waals surface area (Å²) < 4.78 is 0. The van der Waals surface area contributed by atoms with Gasteiger partial charge in [0.05, 0.1) is 36.4 Å². The summed E-state index contributed by atoms with van der Waals surface area (Å²) in [5.41, 5.74) is 22.2. The summed E-state index contributed by atoms with van der Waals surface area (Å²) in [5, 5.41) is 19.0. The van der Waals surface area contributed by atoms with Gasteiger partial charge in [-0.15, -0.1) is 0 Å². The molecular weight excluding hydrogens is 901 g/mol. The smallest absolute Gasteiger partial charge is 0.187 e. The van der Waals surface area contributed by atoms with E-state index in [9.17, 15) is 10.5 Å². The number of benzene rings is 9. The molecule has 6 heteroatoms. The zero-order valence-corrected chi connectivity index (χ0v) is 41.5. The van der Waals surface area contributed by atoms with Crippen molar-refractivity contribution in [2.24, 2.45) is 0 Å². The Hall–Kier alpha value is -9.98. The minimum atomic E-state index is -0.257. The van der Waals surface area contributed by atoms with E-state index in [1.54, 1.807) is 0 Å². The first-order valence-corrected chi connectivity index (χ1v) is 24.6. The average Bonchev–Trinajstić information content (AvgIpc) is 3.83. The van der Waals surface area contributed by atoms with Crippen molar-refractivity contribution in [3.05, 3.63) is 273 Å². The Bertz CT molecular complexity index is 3530. The minimum Gasteiger partial charge on any atom is -0.311 e. The van der Waals surface area contributed by atoms with Gasteiger partial charge in [0, 0.05) is 45.0 Å². The molecule has 2 aliphatic rings. The Kier molecular flexibility index (Phi) is 11.7. The monoisotopic (exact) mass is 948 g/mol. The lowest BCUT2D eigenvalue weighted by molar-refractivity contribution is 0.660. The van der Waals surface area contributed by atoms with Crippen LogP contribution in [0.4, 0.5) is 45.5 Å². The van der Waals surface area contributed by atoms with Gasteiger partial charge in [-0.25, -0.2) is 9.69 Å². The molecule has 0 aromatic heterocycles. The van der Waals surface area contributed by atoms with Gasteiger partial charge in [0.15, 0.2) is 11.4 Å². The molecule has 0 radical (unpaired) electrons. The van der Waals surface area contributed by atoms with E-state index in [-0.39, 0.29) is 10.8 Å². The largest absolute Gasteiger partial charge is 0.311 e. The van der Waals surface area contributed by atoms with Crippen LogP contribution >= 0.6 is 0 Å². The third-order valence-electron chi connectivity index (χ3n) is 14.7. The van der Waals surface area contributed by atoms with E-state index in [0.29, 0.717) is 22.5 Å². The van der Waals surface area contributed by atoms with Crippen LogP contribution in [-0.4, -0.2) is 0 Å². The third-order valence-corrected chi connectivity index (χ3v) is 14.7. The summed E-state index contributed by atoms with van der Waals surface area (Å²) in [6.07, 6.45) is 8.75. The van der Waals surface area contributed by atoms with E-state index in [0.717, 1.165) is 56.4 Å². The maximum Gasteiger partial charge on any atom is 0.187 e. The lowest BCUT2D eigenvalue weighted by atomic mass is 9.81. The van der Waals surface area contributed by atoms with E-state index >= 15 is 0 Å². The molecule has 0 bridgehead atoms. The Labute approximate surface area is 433 Å². The van der Waals surface area contributed by atoms with Gasteiger partial charge < -0.3 is 9.80 Å². The number of fused-ring (bicyclic) bond motifs is 6. The number of nitrogens with zero attached hydrogens (tertiary/aromatic N) is 6. The molecule has 350 valence electrons. The van der Waals surface area contributed by atoms with Crippen molar-refractivity contribution in [2.75, 3.05) is 9.80 Å². The molecule has 0 aliphatic heterocycles. The minimum absolute atomic E-state index is 0.252. The third kappa shape index (κ3) is 8.38. The van der Waals surface area contributed by atoms with Gasteiger partial charge in [0.2, 0.25) is 0 Å². The van der Waals surface area contributed by atoms with Crippen molar-refractivity contribution >= 4 is 69.8 Å². The number of rotatable bonds is 10. The molecule has 0 atom stereocenters. The zero-order chi connectivity index (χ0) is 51.1. The van der Waals surface area contributed by atoms with Gasteiger partial charge >= 0.3 is 0 Å². The van der Waals surface area contributed by atoms with Gasteiger partial charge in [0.1, 0.15) is 0 Å². The molecule has 6 nitrogen and oxygen atoms in total. The van der Waals surface area contributed by atoms with Crippen molar-refractivity contribution in [1.82, 2.24) is 0 Å². The topological polar surface area (TPSA) is 62.8 Å². The van der Waals surface area contributed by atoms with Crippen LogP contribution in [0.3, 0.4) is 0 Å². The fourth-order valence-corrected chi connectivity index (χ4v) is 10.7. The van der Waals surface area contributed by atoms with E-state index in [4.69, 9.17) is 13.1 Å². The van der Waals surface area contributed by atoms with Gasteiger partial charge in [0.25, 0.3) is 0 Å². The summed E-state index contributed by atoms with van der Waals surface area (Å²) in [7, 11) is 0. The Morgan fingerprint density at radius 3 is 0.946 bits per heavy atom. The predicted octanol–water partition coefficient (Wildman–Crippen LogP) is 18.4. The number of hydrogen-bond acceptors (Lipinski definition) is 4. The normalized spacial score (nSPS) is 13.2. The van der Waals surface area contributed by atoms with Crippen molar-refractivity contribution in [2.45, 2.75) is 38.5 Å². The Balaban J connectivity index is 0.798. The van der Waals surface area contributed by atoms with Crippen LogP contribution < -0.4 is 9.80 Å². The maximum absolute atomic E-state index is 9.49. The second-order valence-electron chi connectivity index (χ2n) is 19.9. The maximum atomic E-state index is 9.49. The molecule has 0 unspecified atom stereocenters. The highest BCUT2D eigenvalue weighted by Gasteiger charge is 2.37. The Morgan fingerprint density at radius 1 is 0.351 bits per heavy atom. The fraction of sp³-hybridized carbons (Fsp3) is 0.0882. The van der Waals surface area contributed by atoms with Crippen molar-refractivity contribution in [3.8, 4) is 34.4 Å². The molecule has 0 N–H and O–H groups in total. The molecule has 9 aromatic rings. The quantitative estimate of drug-likeness (QED) is 0.101. The second-order valence-corrected chi connectivity index (χ2v) is 19.9. The first kappa shape index (κ1) is 46.4. The number of nitriles is 2. The molecule has 0 saturated carbocycles. The summed E-state index contributed by atoms with van der Waals surface area (Å²) in [6.45, 7) is 24.1. The van der Waals surface area contributed by atoms with Crippen molar-refractivity contribution in [3.63, 3.8) is 0 Å². The summed E-state index contributed by atoms with van der Waals surface area (Å²) in [5.74, 6) is 0. The number of hydrogen-bond donors (Lipinski definition) is 0. The van der Waals surface area contributed by atoms with Crippen molar-refractivity contribution < 1.29 is 0 Å². The predicted molar refractivity (Wildman–Crippen MR) is 304 cm³/mol.